The molecule has 1 atom stereocenters. The Morgan fingerprint density at radius 2 is 2.00 bits per heavy atom. The Morgan fingerprint density at radius 3 is 2.50 bits per heavy atom. The number of hydrogen-bond acceptors (Lipinski definition) is 2. The van der Waals surface area contributed by atoms with Crippen LogP contribution in [0.3, 0.4) is 0 Å². The fraction of sp³-hybridized carbons (Fsp3) is 0.923. The zero-order chi connectivity index (χ0) is 12.3. The van der Waals surface area contributed by atoms with Gasteiger partial charge in [-0.3, -0.25) is 0 Å². The lowest BCUT2D eigenvalue weighted by Crippen LogP contribution is -2.47. The molecule has 5 heteroatoms. The molecule has 0 bridgehead atoms. The van der Waals surface area contributed by atoms with E-state index in [0.29, 0.717) is 0 Å². The summed E-state index contributed by atoms with van der Waals surface area (Å²) in [5.74, 6) is 0.786. The van der Waals surface area contributed by atoms with Gasteiger partial charge < -0.3 is 15.1 Å². The minimum atomic E-state index is 0. The SMILES string of the molecule is CCN(C)C(=O)N1CCC(C2CCCN2)CC1.Cl. The van der Waals surface area contributed by atoms with E-state index in [0.717, 1.165) is 31.6 Å². The first-order valence-corrected chi connectivity index (χ1v) is 6.95. The molecule has 2 aliphatic rings. The van der Waals surface area contributed by atoms with Gasteiger partial charge in [-0.05, 0) is 45.1 Å². The molecule has 0 aliphatic carbocycles. The van der Waals surface area contributed by atoms with Crippen molar-refractivity contribution in [3.05, 3.63) is 0 Å². The highest BCUT2D eigenvalue weighted by Gasteiger charge is 2.30. The maximum atomic E-state index is 12.0. The molecule has 0 radical (unpaired) electrons. The van der Waals surface area contributed by atoms with Crippen LogP contribution in [0, 0.1) is 5.92 Å². The zero-order valence-electron chi connectivity index (χ0n) is 11.5. The zero-order valence-corrected chi connectivity index (χ0v) is 12.3. The molecule has 0 aromatic rings. The average molecular weight is 276 g/mol. The van der Waals surface area contributed by atoms with E-state index in [4.69, 9.17) is 0 Å². The number of nitrogens with zero attached hydrogens (tertiary/aromatic N) is 2. The van der Waals surface area contributed by atoms with Gasteiger partial charge in [0, 0.05) is 32.7 Å². The van der Waals surface area contributed by atoms with Gasteiger partial charge in [0.05, 0.1) is 0 Å². The maximum Gasteiger partial charge on any atom is 0.319 e. The van der Waals surface area contributed by atoms with Crippen LogP contribution in [0.2, 0.25) is 0 Å². The molecule has 0 aromatic heterocycles. The Kier molecular flexibility index (Phi) is 6.22. The Morgan fingerprint density at radius 1 is 1.33 bits per heavy atom. The molecule has 0 saturated carbocycles. The number of likely N-dealkylation sites (tertiary alicyclic amines) is 1. The highest BCUT2D eigenvalue weighted by molar-refractivity contribution is 5.85. The predicted octanol–water partition coefficient (Wildman–Crippen LogP) is 1.94. The first-order chi connectivity index (χ1) is 8.22. The molecule has 106 valence electrons. The Bertz CT molecular complexity index is 261. The third kappa shape index (κ3) is 3.51. The predicted molar refractivity (Wildman–Crippen MR) is 76.3 cm³/mol. The van der Waals surface area contributed by atoms with Crippen LogP contribution in [-0.4, -0.2) is 55.1 Å². The second-order valence-corrected chi connectivity index (χ2v) is 5.32. The number of carbonyl (C=O) groups excluding carboxylic acids is 1. The molecule has 2 fully saturated rings. The quantitative estimate of drug-likeness (QED) is 0.836. The highest BCUT2D eigenvalue weighted by Crippen LogP contribution is 2.25. The third-order valence-electron chi connectivity index (χ3n) is 4.28. The third-order valence-corrected chi connectivity index (χ3v) is 4.28. The first kappa shape index (κ1) is 15.6. The number of amides is 2. The smallest absolute Gasteiger partial charge is 0.319 e. The van der Waals surface area contributed by atoms with Crippen LogP contribution in [0.15, 0.2) is 0 Å². The van der Waals surface area contributed by atoms with Gasteiger partial charge >= 0.3 is 6.03 Å². The van der Waals surface area contributed by atoms with E-state index in [9.17, 15) is 4.79 Å². The van der Waals surface area contributed by atoms with Crippen LogP contribution in [-0.2, 0) is 0 Å². The molecular weight excluding hydrogens is 250 g/mol. The van der Waals surface area contributed by atoms with Crippen molar-refractivity contribution in [2.24, 2.45) is 5.92 Å². The van der Waals surface area contributed by atoms with E-state index < -0.39 is 0 Å². The highest BCUT2D eigenvalue weighted by atomic mass is 35.5. The van der Waals surface area contributed by atoms with Crippen molar-refractivity contribution >= 4 is 18.4 Å². The van der Waals surface area contributed by atoms with Crippen LogP contribution in [0.25, 0.3) is 0 Å². The standard InChI is InChI=1S/C13H25N3O.ClH/c1-3-15(2)13(17)16-9-6-11(7-10-16)12-5-4-8-14-12;/h11-12,14H,3-10H2,1-2H3;1H. The van der Waals surface area contributed by atoms with Crippen molar-refractivity contribution < 1.29 is 4.79 Å². The van der Waals surface area contributed by atoms with Gasteiger partial charge in [-0.1, -0.05) is 0 Å². The van der Waals surface area contributed by atoms with Gasteiger partial charge in [-0.25, -0.2) is 4.79 Å². The Balaban J connectivity index is 0.00000162. The van der Waals surface area contributed by atoms with Crippen LogP contribution >= 0.6 is 12.4 Å². The van der Waals surface area contributed by atoms with Crippen molar-refractivity contribution in [1.82, 2.24) is 15.1 Å². The van der Waals surface area contributed by atoms with Crippen molar-refractivity contribution in [2.45, 2.75) is 38.6 Å². The molecule has 0 spiro atoms. The number of carbonyl (C=O) groups is 1. The minimum Gasteiger partial charge on any atom is -0.328 e. The number of piperidine rings is 1. The van der Waals surface area contributed by atoms with Gasteiger partial charge in [0.2, 0.25) is 0 Å². The number of nitrogens with one attached hydrogen (secondary N) is 1. The summed E-state index contributed by atoms with van der Waals surface area (Å²) in [6, 6.07) is 0.918. The fourth-order valence-electron chi connectivity index (χ4n) is 2.98. The first-order valence-electron chi connectivity index (χ1n) is 6.95. The summed E-state index contributed by atoms with van der Waals surface area (Å²) >= 11 is 0. The topological polar surface area (TPSA) is 35.6 Å². The van der Waals surface area contributed by atoms with Crippen molar-refractivity contribution in [1.29, 1.82) is 0 Å². The number of rotatable bonds is 2. The molecule has 1 N–H and O–H groups in total. The van der Waals surface area contributed by atoms with Gasteiger partial charge in [0.1, 0.15) is 0 Å². The molecule has 2 rings (SSSR count). The average Bonchev–Trinajstić information content (AvgIpc) is 2.91. The molecule has 2 aliphatic heterocycles. The van der Waals surface area contributed by atoms with Crippen molar-refractivity contribution in [3.63, 3.8) is 0 Å². The second kappa shape index (κ2) is 7.19. The van der Waals surface area contributed by atoms with E-state index in [2.05, 4.69) is 5.32 Å². The molecule has 18 heavy (non-hydrogen) atoms. The van der Waals surface area contributed by atoms with Crippen LogP contribution in [0.5, 0.6) is 0 Å². The van der Waals surface area contributed by atoms with E-state index in [1.165, 1.54) is 32.2 Å². The second-order valence-electron chi connectivity index (χ2n) is 5.32. The van der Waals surface area contributed by atoms with Crippen LogP contribution in [0.4, 0.5) is 4.79 Å². The van der Waals surface area contributed by atoms with E-state index in [-0.39, 0.29) is 18.4 Å². The fourth-order valence-corrected chi connectivity index (χ4v) is 2.98. The summed E-state index contributed by atoms with van der Waals surface area (Å²) in [5.41, 5.74) is 0. The van der Waals surface area contributed by atoms with E-state index >= 15 is 0 Å². The number of halogens is 1. The lowest BCUT2D eigenvalue weighted by Gasteiger charge is -2.36. The summed E-state index contributed by atoms with van der Waals surface area (Å²) < 4.78 is 0. The molecule has 2 heterocycles. The van der Waals surface area contributed by atoms with Crippen molar-refractivity contribution in [2.75, 3.05) is 33.2 Å². The van der Waals surface area contributed by atoms with Gasteiger partial charge in [0.15, 0.2) is 0 Å². The molecule has 2 amide bonds. The van der Waals surface area contributed by atoms with E-state index in [1.807, 2.05) is 18.9 Å². The largest absolute Gasteiger partial charge is 0.328 e. The van der Waals surface area contributed by atoms with Gasteiger partial charge in [0.25, 0.3) is 0 Å². The molecular formula is C13H26ClN3O. The summed E-state index contributed by atoms with van der Waals surface area (Å²) in [7, 11) is 1.88. The van der Waals surface area contributed by atoms with Crippen LogP contribution in [0.1, 0.15) is 32.6 Å². The normalized spacial score (nSPS) is 24.8. The monoisotopic (exact) mass is 275 g/mol. The molecule has 1 unspecified atom stereocenters. The molecule has 2 saturated heterocycles. The van der Waals surface area contributed by atoms with Crippen molar-refractivity contribution in [3.8, 4) is 0 Å². The lowest BCUT2D eigenvalue weighted by molar-refractivity contribution is 0.135. The Hall–Kier alpha value is -0.480. The van der Waals surface area contributed by atoms with Gasteiger partial charge in [-0.15, -0.1) is 12.4 Å². The van der Waals surface area contributed by atoms with Gasteiger partial charge in [-0.2, -0.15) is 0 Å². The number of urea groups is 1. The molecule has 0 aromatic carbocycles. The van der Waals surface area contributed by atoms with Crippen LogP contribution < -0.4 is 5.32 Å². The Labute approximate surface area is 116 Å². The number of hydrogen-bond donors (Lipinski definition) is 1. The van der Waals surface area contributed by atoms with E-state index in [1.54, 1.807) is 4.90 Å². The summed E-state index contributed by atoms with van der Waals surface area (Å²) in [6.07, 6.45) is 4.98. The summed E-state index contributed by atoms with van der Waals surface area (Å²) in [5, 5.41) is 3.59. The lowest BCUT2D eigenvalue weighted by atomic mass is 9.89. The molecule has 4 nitrogen and oxygen atoms in total. The minimum absolute atomic E-state index is 0. The summed E-state index contributed by atoms with van der Waals surface area (Å²) in [6.45, 7) is 5.87. The maximum absolute atomic E-state index is 12.0. The summed E-state index contributed by atoms with van der Waals surface area (Å²) in [4.78, 5) is 15.8.